The van der Waals surface area contributed by atoms with Gasteiger partial charge in [-0.2, -0.15) is 0 Å². The minimum absolute atomic E-state index is 0.0159. The van der Waals surface area contributed by atoms with Crippen LogP contribution in [0.1, 0.15) is 29.3 Å². The maximum Gasteiger partial charge on any atom is 0.335 e. The average molecular weight is 322 g/mol. The maximum atomic E-state index is 11.9. The summed E-state index contributed by atoms with van der Waals surface area (Å²) in [6.07, 6.45) is -0.353. The summed E-state index contributed by atoms with van der Waals surface area (Å²) in [7, 11) is 0. The van der Waals surface area contributed by atoms with Crippen LogP contribution in [0, 0.1) is 5.92 Å². The normalized spacial score (nSPS) is 12.9. The zero-order valence-corrected chi connectivity index (χ0v) is 12.5. The van der Waals surface area contributed by atoms with Gasteiger partial charge in [-0.05, 0) is 17.7 Å². The molecule has 0 heterocycles. The first-order valence-corrected chi connectivity index (χ1v) is 6.84. The molecule has 0 aliphatic heterocycles. The predicted octanol–water partition coefficient (Wildman–Crippen LogP) is 0.00820. The fourth-order valence-electron chi connectivity index (χ4n) is 1.96. The largest absolute Gasteiger partial charge is 0.481 e. The molecule has 1 rings (SSSR count). The molecule has 2 unspecified atom stereocenters. The first-order chi connectivity index (χ1) is 10.7. The van der Waals surface area contributed by atoms with Gasteiger partial charge in [0.25, 0.3) is 0 Å². The fraction of sp³-hybridized carbons (Fsp3) is 0.333. The van der Waals surface area contributed by atoms with Crippen molar-refractivity contribution in [3.63, 3.8) is 0 Å². The number of carbonyl (C=O) groups excluding carboxylic acids is 2. The van der Waals surface area contributed by atoms with Crippen LogP contribution in [0.15, 0.2) is 24.3 Å². The molecule has 124 valence electrons. The zero-order chi connectivity index (χ0) is 17.6. The molecule has 0 saturated carbocycles. The van der Waals surface area contributed by atoms with Gasteiger partial charge in [-0.15, -0.1) is 0 Å². The minimum atomic E-state index is -1.13. The van der Waals surface area contributed by atoms with Crippen LogP contribution < -0.4 is 11.1 Å². The van der Waals surface area contributed by atoms with Crippen LogP contribution in [0.5, 0.6) is 0 Å². The Hall–Kier alpha value is -2.90. The summed E-state index contributed by atoms with van der Waals surface area (Å²) >= 11 is 0. The SMILES string of the molecule is CC(CC(=O)O)C(=O)NC(Cc1cccc(C(=O)O)c1)C(N)=O. The van der Waals surface area contributed by atoms with Crippen molar-refractivity contribution in [3.8, 4) is 0 Å². The lowest BCUT2D eigenvalue weighted by Crippen LogP contribution is -2.47. The molecule has 8 heteroatoms. The third kappa shape index (κ3) is 5.77. The summed E-state index contributed by atoms with van der Waals surface area (Å²) in [5, 5.41) is 20.0. The molecule has 2 amide bonds. The van der Waals surface area contributed by atoms with Crippen LogP contribution in [-0.4, -0.2) is 40.0 Å². The number of carboxylic acids is 2. The van der Waals surface area contributed by atoms with Crippen molar-refractivity contribution in [2.24, 2.45) is 11.7 Å². The van der Waals surface area contributed by atoms with Gasteiger partial charge < -0.3 is 21.3 Å². The van der Waals surface area contributed by atoms with E-state index in [-0.39, 0.29) is 18.4 Å². The summed E-state index contributed by atoms with van der Waals surface area (Å²) in [5.74, 6) is -4.45. The number of carbonyl (C=O) groups is 4. The van der Waals surface area contributed by atoms with E-state index in [4.69, 9.17) is 15.9 Å². The highest BCUT2D eigenvalue weighted by atomic mass is 16.4. The lowest BCUT2D eigenvalue weighted by Gasteiger charge is -2.18. The van der Waals surface area contributed by atoms with Gasteiger partial charge in [0.05, 0.1) is 12.0 Å². The van der Waals surface area contributed by atoms with Gasteiger partial charge in [-0.1, -0.05) is 19.1 Å². The first kappa shape index (κ1) is 18.1. The summed E-state index contributed by atoms with van der Waals surface area (Å²) < 4.78 is 0. The third-order valence-electron chi connectivity index (χ3n) is 3.20. The number of hydrogen-bond donors (Lipinski definition) is 4. The number of hydrogen-bond acceptors (Lipinski definition) is 4. The summed E-state index contributed by atoms with van der Waals surface area (Å²) in [6, 6.07) is 4.85. The molecule has 2 atom stereocenters. The Balaban J connectivity index is 2.81. The Morgan fingerprint density at radius 1 is 1.22 bits per heavy atom. The number of amides is 2. The van der Waals surface area contributed by atoms with Gasteiger partial charge >= 0.3 is 11.9 Å². The lowest BCUT2D eigenvalue weighted by atomic mass is 10.0. The number of aliphatic carboxylic acids is 1. The number of rotatable bonds is 8. The van der Waals surface area contributed by atoms with E-state index >= 15 is 0 Å². The number of nitrogens with two attached hydrogens (primary N) is 1. The minimum Gasteiger partial charge on any atom is -0.481 e. The fourth-order valence-corrected chi connectivity index (χ4v) is 1.96. The van der Waals surface area contributed by atoms with Crippen molar-refractivity contribution >= 4 is 23.8 Å². The lowest BCUT2D eigenvalue weighted by molar-refractivity contribution is -0.141. The molecule has 1 aromatic rings. The van der Waals surface area contributed by atoms with Crippen molar-refractivity contribution < 1.29 is 29.4 Å². The highest BCUT2D eigenvalue weighted by Gasteiger charge is 2.23. The van der Waals surface area contributed by atoms with E-state index in [1.165, 1.54) is 25.1 Å². The smallest absolute Gasteiger partial charge is 0.335 e. The van der Waals surface area contributed by atoms with Crippen molar-refractivity contribution in [2.45, 2.75) is 25.8 Å². The van der Waals surface area contributed by atoms with Crippen molar-refractivity contribution in [1.82, 2.24) is 5.32 Å². The second-order valence-electron chi connectivity index (χ2n) is 5.17. The maximum absolute atomic E-state index is 11.9. The molecule has 23 heavy (non-hydrogen) atoms. The van der Waals surface area contributed by atoms with Crippen LogP contribution in [0.3, 0.4) is 0 Å². The van der Waals surface area contributed by atoms with Crippen molar-refractivity contribution in [2.75, 3.05) is 0 Å². The summed E-state index contributed by atoms with van der Waals surface area (Å²) in [6.45, 7) is 1.42. The first-order valence-electron chi connectivity index (χ1n) is 6.84. The summed E-state index contributed by atoms with van der Waals surface area (Å²) in [5.41, 5.74) is 5.81. The van der Waals surface area contributed by atoms with Gasteiger partial charge in [0.1, 0.15) is 6.04 Å². The molecular formula is C15H18N2O6. The topological polar surface area (TPSA) is 147 Å². The van der Waals surface area contributed by atoms with Crippen LogP contribution in [0.2, 0.25) is 0 Å². The Labute approximate surface area is 132 Å². The molecular weight excluding hydrogens is 304 g/mol. The Kier molecular flexibility index (Phi) is 6.25. The van der Waals surface area contributed by atoms with E-state index < -0.39 is 35.7 Å². The number of carboxylic acid groups (broad SMARTS) is 2. The number of primary amides is 1. The molecule has 0 aliphatic rings. The highest BCUT2D eigenvalue weighted by molar-refractivity contribution is 5.89. The quantitative estimate of drug-likeness (QED) is 0.530. The molecule has 8 nitrogen and oxygen atoms in total. The molecule has 0 radical (unpaired) electrons. The molecule has 0 saturated heterocycles. The van der Waals surface area contributed by atoms with E-state index in [9.17, 15) is 19.2 Å². The summed E-state index contributed by atoms with van der Waals surface area (Å²) in [4.78, 5) is 44.9. The van der Waals surface area contributed by atoms with Gasteiger partial charge in [0.15, 0.2) is 0 Å². The monoisotopic (exact) mass is 322 g/mol. The Morgan fingerprint density at radius 2 is 1.87 bits per heavy atom. The van der Waals surface area contributed by atoms with Gasteiger partial charge in [0.2, 0.25) is 11.8 Å². The molecule has 1 aromatic carbocycles. The third-order valence-corrected chi connectivity index (χ3v) is 3.20. The average Bonchev–Trinajstić information content (AvgIpc) is 2.45. The van der Waals surface area contributed by atoms with E-state index in [2.05, 4.69) is 5.32 Å². The molecule has 0 aliphatic carbocycles. The molecule has 0 fully saturated rings. The second-order valence-corrected chi connectivity index (χ2v) is 5.17. The number of aromatic carboxylic acids is 1. The highest BCUT2D eigenvalue weighted by Crippen LogP contribution is 2.09. The Bertz CT molecular complexity index is 628. The molecule has 0 bridgehead atoms. The van der Waals surface area contributed by atoms with Crippen LogP contribution >= 0.6 is 0 Å². The van der Waals surface area contributed by atoms with Gasteiger partial charge in [-0.3, -0.25) is 14.4 Å². The van der Waals surface area contributed by atoms with Crippen LogP contribution in [-0.2, 0) is 20.8 Å². The van der Waals surface area contributed by atoms with E-state index in [0.717, 1.165) is 0 Å². The molecule has 0 spiro atoms. The molecule has 0 aromatic heterocycles. The van der Waals surface area contributed by atoms with Crippen molar-refractivity contribution in [3.05, 3.63) is 35.4 Å². The van der Waals surface area contributed by atoms with Crippen molar-refractivity contribution in [1.29, 1.82) is 0 Å². The second kappa shape index (κ2) is 7.92. The van der Waals surface area contributed by atoms with E-state index in [1.54, 1.807) is 6.07 Å². The number of benzene rings is 1. The van der Waals surface area contributed by atoms with Crippen LogP contribution in [0.25, 0.3) is 0 Å². The number of nitrogens with one attached hydrogen (secondary N) is 1. The standard InChI is InChI=1S/C15H18N2O6/c1-8(5-12(18)19)14(21)17-11(13(16)20)7-9-3-2-4-10(6-9)15(22)23/h2-4,6,8,11H,5,7H2,1H3,(H2,16,20)(H,17,21)(H,18,19)(H,22,23). The van der Waals surface area contributed by atoms with Gasteiger partial charge in [0, 0.05) is 12.3 Å². The van der Waals surface area contributed by atoms with E-state index in [1.807, 2.05) is 0 Å². The molecule has 5 N–H and O–H groups in total. The van der Waals surface area contributed by atoms with Gasteiger partial charge in [-0.25, -0.2) is 4.79 Å². The zero-order valence-electron chi connectivity index (χ0n) is 12.5. The van der Waals surface area contributed by atoms with E-state index in [0.29, 0.717) is 5.56 Å². The van der Waals surface area contributed by atoms with Crippen LogP contribution in [0.4, 0.5) is 0 Å². The Morgan fingerprint density at radius 3 is 2.39 bits per heavy atom. The predicted molar refractivity (Wildman–Crippen MR) is 79.6 cm³/mol.